The monoisotopic (exact) mass is 289 g/mol. The molecule has 0 spiro atoms. The van der Waals surface area contributed by atoms with E-state index < -0.39 is 0 Å². The van der Waals surface area contributed by atoms with E-state index >= 15 is 0 Å². The fourth-order valence-electron chi connectivity index (χ4n) is 2.24. The zero-order valence-electron chi connectivity index (χ0n) is 12.2. The predicted octanol–water partition coefficient (Wildman–Crippen LogP) is 2.01. The largest absolute Gasteiger partial charge is 0.321 e. The van der Waals surface area contributed by atoms with Crippen molar-refractivity contribution in [3.8, 4) is 0 Å². The van der Waals surface area contributed by atoms with Crippen molar-refractivity contribution in [3.63, 3.8) is 0 Å². The summed E-state index contributed by atoms with van der Waals surface area (Å²) in [6, 6.07) is 6.87. The maximum absolute atomic E-state index is 10.8. The van der Waals surface area contributed by atoms with Crippen molar-refractivity contribution in [2.24, 2.45) is 7.05 Å². The maximum Gasteiger partial charge on any atom is 0.269 e. The first-order valence-electron chi connectivity index (χ1n) is 6.92. The first kappa shape index (κ1) is 15.1. The third kappa shape index (κ3) is 3.85. The number of hydrogen-bond donors (Lipinski definition) is 1. The van der Waals surface area contributed by atoms with Gasteiger partial charge in [-0.2, -0.15) is 0 Å². The summed E-state index contributed by atoms with van der Waals surface area (Å²) in [5.41, 5.74) is 1.06. The fraction of sp³-hybridized carbons (Fsp3) is 0.429. The number of non-ortho nitro benzene ring substituents is 1. The summed E-state index contributed by atoms with van der Waals surface area (Å²) in [6.07, 6.45) is 3.30. The Morgan fingerprint density at radius 2 is 2.29 bits per heavy atom. The lowest BCUT2D eigenvalue weighted by Crippen LogP contribution is -2.24. The molecule has 2 rings (SSSR count). The molecular formula is C14H19N5O2. The van der Waals surface area contributed by atoms with Gasteiger partial charge in [-0.1, -0.05) is 19.1 Å². The zero-order valence-corrected chi connectivity index (χ0v) is 12.2. The van der Waals surface area contributed by atoms with Crippen molar-refractivity contribution in [2.75, 3.05) is 6.54 Å². The van der Waals surface area contributed by atoms with Crippen LogP contribution in [-0.4, -0.2) is 26.2 Å². The maximum atomic E-state index is 10.8. The van der Waals surface area contributed by atoms with Gasteiger partial charge in [0.1, 0.15) is 12.2 Å². The van der Waals surface area contributed by atoms with Gasteiger partial charge in [-0.15, -0.1) is 10.2 Å². The van der Waals surface area contributed by atoms with Crippen molar-refractivity contribution in [3.05, 3.63) is 52.1 Å². The molecule has 1 heterocycles. The van der Waals surface area contributed by atoms with E-state index in [0.717, 1.165) is 30.8 Å². The van der Waals surface area contributed by atoms with E-state index in [0.29, 0.717) is 0 Å². The molecule has 2 aromatic rings. The molecule has 0 bridgehead atoms. The highest BCUT2D eigenvalue weighted by molar-refractivity contribution is 5.35. The van der Waals surface area contributed by atoms with E-state index in [2.05, 4.69) is 22.4 Å². The van der Waals surface area contributed by atoms with Crippen LogP contribution in [0.4, 0.5) is 5.69 Å². The minimum Gasteiger partial charge on any atom is -0.321 e. The number of nitro groups is 1. The lowest BCUT2D eigenvalue weighted by molar-refractivity contribution is -0.384. The normalized spacial score (nSPS) is 12.3. The van der Waals surface area contributed by atoms with Gasteiger partial charge in [0.05, 0.1) is 4.92 Å². The van der Waals surface area contributed by atoms with Crippen molar-refractivity contribution >= 4 is 5.69 Å². The average Bonchev–Trinajstić information content (AvgIpc) is 2.89. The standard InChI is InChI=1S/C14H19N5O2/c1-3-13(11-5-4-6-12(9-11)19(20)21)15-8-7-14-17-16-10-18(14)2/h4-6,9-10,13,15H,3,7-8H2,1-2H3. The lowest BCUT2D eigenvalue weighted by atomic mass is 10.0. The molecule has 7 heteroatoms. The van der Waals surface area contributed by atoms with Gasteiger partial charge in [-0.25, -0.2) is 0 Å². The molecule has 112 valence electrons. The quantitative estimate of drug-likeness (QED) is 0.622. The van der Waals surface area contributed by atoms with Crippen LogP contribution in [0.25, 0.3) is 0 Å². The van der Waals surface area contributed by atoms with Crippen LogP contribution in [0.2, 0.25) is 0 Å². The smallest absolute Gasteiger partial charge is 0.269 e. The van der Waals surface area contributed by atoms with Gasteiger partial charge in [0.25, 0.3) is 5.69 Å². The number of hydrogen-bond acceptors (Lipinski definition) is 5. The highest BCUT2D eigenvalue weighted by Gasteiger charge is 2.13. The van der Waals surface area contributed by atoms with Gasteiger partial charge >= 0.3 is 0 Å². The highest BCUT2D eigenvalue weighted by atomic mass is 16.6. The number of nitrogens with zero attached hydrogens (tertiary/aromatic N) is 4. The van der Waals surface area contributed by atoms with E-state index in [1.54, 1.807) is 18.5 Å². The lowest BCUT2D eigenvalue weighted by Gasteiger charge is -2.17. The second kappa shape index (κ2) is 6.94. The van der Waals surface area contributed by atoms with Crippen LogP contribution in [0.1, 0.15) is 30.8 Å². The molecule has 0 amide bonds. The van der Waals surface area contributed by atoms with Crippen LogP contribution in [-0.2, 0) is 13.5 Å². The van der Waals surface area contributed by atoms with Crippen LogP contribution in [0.3, 0.4) is 0 Å². The first-order chi connectivity index (χ1) is 10.1. The summed E-state index contributed by atoms with van der Waals surface area (Å²) >= 11 is 0. The molecule has 0 saturated heterocycles. The molecule has 0 aliphatic heterocycles. The van der Waals surface area contributed by atoms with E-state index in [4.69, 9.17) is 0 Å². The number of aromatic nitrogens is 3. The Bertz CT molecular complexity index is 611. The van der Waals surface area contributed by atoms with E-state index in [9.17, 15) is 10.1 Å². The molecule has 7 nitrogen and oxygen atoms in total. The summed E-state index contributed by atoms with van der Waals surface area (Å²) < 4.78 is 1.88. The van der Waals surface area contributed by atoms with Crippen LogP contribution in [0, 0.1) is 10.1 Å². The summed E-state index contributed by atoms with van der Waals surface area (Å²) in [4.78, 5) is 10.5. The van der Waals surface area contributed by atoms with Gasteiger partial charge in [-0.05, 0) is 12.0 Å². The van der Waals surface area contributed by atoms with Crippen molar-refractivity contribution in [2.45, 2.75) is 25.8 Å². The second-order valence-corrected chi connectivity index (χ2v) is 4.88. The van der Waals surface area contributed by atoms with Gasteiger partial charge < -0.3 is 9.88 Å². The third-order valence-electron chi connectivity index (χ3n) is 3.44. The van der Waals surface area contributed by atoms with Crippen LogP contribution in [0.5, 0.6) is 0 Å². The molecule has 1 aromatic heterocycles. The number of nitrogens with one attached hydrogen (secondary N) is 1. The summed E-state index contributed by atoms with van der Waals surface area (Å²) in [6.45, 7) is 2.80. The van der Waals surface area contributed by atoms with Crippen LogP contribution in [0.15, 0.2) is 30.6 Å². The second-order valence-electron chi connectivity index (χ2n) is 4.88. The summed E-state index contributed by atoms with van der Waals surface area (Å²) in [5.74, 6) is 0.913. The Hall–Kier alpha value is -2.28. The molecule has 1 aromatic carbocycles. The molecule has 0 saturated carbocycles. The molecule has 0 aliphatic rings. The average molecular weight is 289 g/mol. The van der Waals surface area contributed by atoms with Gasteiger partial charge in [0.2, 0.25) is 0 Å². The number of nitro benzene ring substituents is 1. The highest BCUT2D eigenvalue weighted by Crippen LogP contribution is 2.21. The fourth-order valence-corrected chi connectivity index (χ4v) is 2.24. The summed E-state index contributed by atoms with van der Waals surface area (Å²) in [5, 5.41) is 22.1. The first-order valence-corrected chi connectivity index (χ1v) is 6.92. The molecule has 1 atom stereocenters. The van der Waals surface area contributed by atoms with Crippen LogP contribution < -0.4 is 5.32 Å². The Labute approximate surface area is 123 Å². The SMILES string of the molecule is CCC(NCCc1nncn1C)c1cccc([N+](=O)[O-])c1. The van der Waals surface area contributed by atoms with Crippen molar-refractivity contribution in [1.82, 2.24) is 20.1 Å². The van der Waals surface area contributed by atoms with E-state index in [1.807, 2.05) is 17.7 Å². The topological polar surface area (TPSA) is 85.9 Å². The van der Waals surface area contributed by atoms with Crippen LogP contribution >= 0.6 is 0 Å². The molecule has 1 N–H and O–H groups in total. The minimum absolute atomic E-state index is 0.0955. The van der Waals surface area contributed by atoms with Gasteiger partial charge in [0.15, 0.2) is 0 Å². The Morgan fingerprint density at radius 3 is 2.90 bits per heavy atom. The third-order valence-corrected chi connectivity index (χ3v) is 3.44. The Kier molecular flexibility index (Phi) is 4.99. The minimum atomic E-state index is -0.365. The molecule has 0 radical (unpaired) electrons. The van der Waals surface area contributed by atoms with E-state index in [1.165, 1.54) is 6.07 Å². The van der Waals surface area contributed by atoms with E-state index in [-0.39, 0.29) is 16.7 Å². The Balaban J connectivity index is 1.98. The zero-order chi connectivity index (χ0) is 15.2. The molecular weight excluding hydrogens is 270 g/mol. The molecule has 21 heavy (non-hydrogen) atoms. The van der Waals surface area contributed by atoms with Crippen molar-refractivity contribution in [1.29, 1.82) is 0 Å². The molecule has 0 fully saturated rings. The number of benzene rings is 1. The summed E-state index contributed by atoms with van der Waals surface area (Å²) in [7, 11) is 1.91. The van der Waals surface area contributed by atoms with Gasteiger partial charge in [0, 0.05) is 38.2 Å². The van der Waals surface area contributed by atoms with Gasteiger partial charge in [-0.3, -0.25) is 10.1 Å². The molecule has 0 aliphatic carbocycles. The number of rotatable bonds is 7. The molecule has 1 unspecified atom stereocenters. The Morgan fingerprint density at radius 1 is 1.48 bits per heavy atom. The number of aryl methyl sites for hydroxylation is 1. The predicted molar refractivity (Wildman–Crippen MR) is 78.8 cm³/mol. The van der Waals surface area contributed by atoms with Crippen molar-refractivity contribution < 1.29 is 4.92 Å².